The monoisotopic (exact) mass is 1430 g/mol. The summed E-state index contributed by atoms with van der Waals surface area (Å²) in [6.07, 6.45) is 11.7. The quantitative estimate of drug-likeness (QED) is 0.0564. The molecule has 0 aliphatic carbocycles. The minimum atomic E-state index is -0.960. The van der Waals surface area contributed by atoms with Crippen molar-refractivity contribution in [3.63, 3.8) is 0 Å². The van der Waals surface area contributed by atoms with E-state index in [9.17, 15) is 52.7 Å². The maximum atomic E-state index is 12.8. The van der Waals surface area contributed by atoms with Gasteiger partial charge in [-0.2, -0.15) is 0 Å². The molecule has 8 N–H and O–H groups in total. The number of carbonyl (C=O) groups is 8. The predicted molar refractivity (Wildman–Crippen MR) is 391 cm³/mol. The summed E-state index contributed by atoms with van der Waals surface area (Å²) in [7, 11) is 0. The Morgan fingerprint density at radius 3 is 1.10 bits per heavy atom. The smallest absolute Gasteiger partial charge is 0.411 e. The van der Waals surface area contributed by atoms with Crippen LogP contribution in [0.5, 0.6) is 0 Å². The molecule has 5 atom stereocenters. The molecule has 4 aromatic carbocycles. The van der Waals surface area contributed by atoms with Crippen LogP contribution >= 0.6 is 11.6 Å². The van der Waals surface area contributed by atoms with Gasteiger partial charge in [0, 0.05) is 101 Å². The van der Waals surface area contributed by atoms with Crippen LogP contribution in [0, 0.1) is 0 Å². The molecule has 5 aliphatic heterocycles. The molecule has 0 bridgehead atoms. The first-order valence-electron chi connectivity index (χ1n) is 34.1. The third-order valence-electron chi connectivity index (χ3n) is 16.7. The van der Waals surface area contributed by atoms with Crippen molar-refractivity contribution in [2.75, 3.05) is 54.0 Å². The van der Waals surface area contributed by atoms with Crippen LogP contribution in [0.15, 0.2) is 185 Å². The Hall–Kier alpha value is -10.9. The van der Waals surface area contributed by atoms with Gasteiger partial charge in [-0.1, -0.05) is 29.8 Å². The number of carboxylic acids is 2. The second-order valence-electron chi connectivity index (χ2n) is 26.8. The summed E-state index contributed by atoms with van der Waals surface area (Å²) in [6.45, 7) is 13.9. The Morgan fingerprint density at radius 1 is 0.408 bits per heavy atom. The largest absolute Gasteiger partial charge is 0.480 e. The molecule has 0 saturated carbocycles. The number of ether oxygens (including phenoxy) is 2. The van der Waals surface area contributed by atoms with Gasteiger partial charge in [-0.05, 0) is 234 Å². The van der Waals surface area contributed by atoms with Crippen LogP contribution in [0.3, 0.4) is 0 Å². The Balaban J connectivity index is 0.000000172. The van der Waals surface area contributed by atoms with Gasteiger partial charge < -0.3 is 56.5 Å². The number of likely N-dealkylation sites (tertiary alicyclic amines) is 3. The molecule has 8 heterocycles. The summed E-state index contributed by atoms with van der Waals surface area (Å²) in [4.78, 5) is 135. The van der Waals surface area contributed by atoms with E-state index in [2.05, 4.69) is 31.9 Å². The number of amides is 7. The minimum absolute atomic E-state index is 0.00266. The molecule has 103 heavy (non-hydrogen) atoms. The van der Waals surface area contributed by atoms with Crippen molar-refractivity contribution < 1.29 is 58.0 Å². The third-order valence-corrected chi connectivity index (χ3v) is 17.0. The number of benzene rings is 4. The van der Waals surface area contributed by atoms with E-state index in [0.717, 1.165) is 69.4 Å². The minimum Gasteiger partial charge on any atom is -0.480 e. The summed E-state index contributed by atoms with van der Waals surface area (Å²) in [5.41, 5.74) is 3.22. The Kier molecular flexibility index (Phi) is 27.7. The van der Waals surface area contributed by atoms with Gasteiger partial charge in [0.15, 0.2) is 0 Å². The fraction of sp³-hybridized carbons (Fsp3) is 0.373. The lowest BCUT2D eigenvalue weighted by atomic mass is 10.2. The number of nitrogens with one attached hydrogen (secondary N) is 6. The Labute approximate surface area is 601 Å². The van der Waals surface area contributed by atoms with Gasteiger partial charge in [-0.3, -0.25) is 57.1 Å². The Morgan fingerprint density at radius 2 is 0.748 bits per heavy atom. The number of hydrogen-bond acceptors (Lipinski definition) is 15. The average molecular weight is 1430 g/mol. The number of anilines is 4. The van der Waals surface area contributed by atoms with E-state index < -0.39 is 53.5 Å². The molecule has 546 valence electrons. The lowest BCUT2D eigenvalue weighted by Crippen LogP contribution is -2.45. The van der Waals surface area contributed by atoms with Gasteiger partial charge in [-0.25, -0.2) is 19.2 Å². The highest BCUT2D eigenvalue weighted by atomic mass is 35.5. The van der Waals surface area contributed by atoms with Gasteiger partial charge in [-0.15, -0.1) is 0 Å². The van der Waals surface area contributed by atoms with Crippen molar-refractivity contribution in [3.05, 3.63) is 206 Å². The van der Waals surface area contributed by atoms with E-state index in [0.29, 0.717) is 72.4 Å². The number of nitrogens with zero attached hydrogens (tertiary/aromatic N) is 6. The number of carboxylic acid groups (broad SMARTS) is 2. The zero-order valence-corrected chi connectivity index (χ0v) is 59.2. The van der Waals surface area contributed by atoms with Gasteiger partial charge in [0.2, 0.25) is 17.7 Å². The molecular weight excluding hydrogens is 1340 g/mol. The maximum absolute atomic E-state index is 12.8. The van der Waals surface area contributed by atoms with Crippen molar-refractivity contribution >= 4 is 82.2 Å². The number of aliphatic carboxylic acids is 2. The molecule has 0 spiro atoms. The van der Waals surface area contributed by atoms with E-state index in [4.69, 9.17) is 31.3 Å². The molecule has 12 rings (SSSR count). The standard InChI is InChI=1S/C23H21ClN4O3.C21H25N3O4.C16H17N3O2.C10H17NO4.C5H9NO2/c24-16-6-8-18(9-7-16)26-23(31)28-15-3-4-20(28)22(30)25-17-10-12-19(13-11-17)27-14-2-1-5-21(27)29;1-21(2,3)28-20(27)24-14-6-7-17(24)19(26)22-15-9-11-16(12-10-15)23-13-5-4-8-18(23)25;20-15-5-1-2-11-19(15)13-8-6-12(7-9-13)18-16(21)14-4-3-10-17-14;1-10(2,3)15-9(14)11-6-4-5-7(11)8(12)13;7-5(8)4-2-1-3-6-4/h1-2,5-14,20H,3-4,15H2,(H,25,30)(H,26,31);4-5,8-13,17H,6-7,14H2,1-3H3,(H,22,26);1-2,5-9,11,14,17H,3-4,10H2,(H,18,21);7H,4-6H2,1-3H3,(H,12,13);4,6H,1-3H2,(H,7,8). The van der Waals surface area contributed by atoms with Crippen LogP contribution in [0.1, 0.15) is 106 Å². The number of halogens is 1. The summed E-state index contributed by atoms with van der Waals surface area (Å²) in [5.74, 6) is -2.17. The zero-order valence-electron chi connectivity index (χ0n) is 58.4. The van der Waals surface area contributed by atoms with Crippen LogP contribution in [0.2, 0.25) is 5.02 Å². The normalized spacial score (nSPS) is 18.1. The van der Waals surface area contributed by atoms with Crippen molar-refractivity contribution in [2.45, 2.75) is 147 Å². The van der Waals surface area contributed by atoms with Gasteiger partial charge >= 0.3 is 30.2 Å². The summed E-state index contributed by atoms with van der Waals surface area (Å²) >= 11 is 5.88. The van der Waals surface area contributed by atoms with Crippen molar-refractivity contribution in [1.82, 2.24) is 39.0 Å². The number of hydrogen-bond donors (Lipinski definition) is 8. The highest BCUT2D eigenvalue weighted by molar-refractivity contribution is 6.30. The topological polar surface area (TPSA) is 343 Å². The molecule has 5 aliphatic rings. The molecule has 0 radical (unpaired) electrons. The summed E-state index contributed by atoms with van der Waals surface area (Å²) in [6, 6.07) is 40.5. The Bertz CT molecular complexity index is 4240. The molecule has 5 saturated heterocycles. The maximum Gasteiger partial charge on any atom is 0.411 e. The zero-order chi connectivity index (χ0) is 74.4. The number of pyridine rings is 3. The van der Waals surface area contributed by atoms with Crippen LogP contribution in [-0.2, 0) is 33.4 Å². The molecule has 5 fully saturated rings. The molecule has 3 aromatic heterocycles. The second kappa shape index (κ2) is 36.6. The second-order valence-corrected chi connectivity index (χ2v) is 27.2. The van der Waals surface area contributed by atoms with E-state index >= 15 is 0 Å². The van der Waals surface area contributed by atoms with Crippen LogP contribution in [-0.4, -0.2) is 161 Å². The van der Waals surface area contributed by atoms with Crippen LogP contribution in [0.25, 0.3) is 17.1 Å². The van der Waals surface area contributed by atoms with Gasteiger partial charge in [0.1, 0.15) is 35.4 Å². The predicted octanol–water partition coefficient (Wildman–Crippen LogP) is 10.1. The number of aromatic nitrogens is 3. The van der Waals surface area contributed by atoms with Crippen LogP contribution < -0.4 is 48.6 Å². The number of carbonyl (C=O) groups excluding carboxylic acids is 6. The summed E-state index contributed by atoms with van der Waals surface area (Å²) in [5, 5.41) is 35.2. The SMILES string of the molecule is CC(C)(C)OC(=O)N1CCCC1C(=O)Nc1ccc(-n2ccccc2=O)cc1.CC(C)(C)OC(=O)N1CCCC1C(=O)O.O=C(Nc1ccc(-n2ccccc2=O)cc1)C1CCCN1.O=C(Nc1ccc(-n2ccccc2=O)cc1)C1CCCN1C(=O)Nc1ccc(Cl)cc1.O=C(O)C1CCCN1. The first-order valence-corrected chi connectivity index (χ1v) is 34.5. The lowest BCUT2D eigenvalue weighted by Gasteiger charge is -2.28. The third kappa shape index (κ3) is 23.3. The van der Waals surface area contributed by atoms with E-state index in [1.54, 1.807) is 173 Å². The molecule has 27 nitrogen and oxygen atoms in total. The van der Waals surface area contributed by atoms with E-state index in [1.165, 1.54) is 37.1 Å². The fourth-order valence-electron chi connectivity index (χ4n) is 11.7. The van der Waals surface area contributed by atoms with Crippen molar-refractivity contribution in [2.24, 2.45) is 0 Å². The summed E-state index contributed by atoms with van der Waals surface area (Å²) < 4.78 is 15.1. The van der Waals surface area contributed by atoms with Crippen molar-refractivity contribution in [1.29, 1.82) is 0 Å². The molecule has 7 amide bonds. The molecule has 7 aromatic rings. The lowest BCUT2D eigenvalue weighted by molar-refractivity contribution is -0.142. The highest BCUT2D eigenvalue weighted by Gasteiger charge is 2.39. The van der Waals surface area contributed by atoms with Crippen molar-refractivity contribution in [3.8, 4) is 17.1 Å². The highest BCUT2D eigenvalue weighted by Crippen LogP contribution is 2.26. The fourth-order valence-corrected chi connectivity index (χ4v) is 11.8. The molecular formula is C75H89ClN12O15. The average Bonchev–Trinajstić information content (AvgIpc) is 1.76. The first kappa shape index (κ1) is 77.8. The number of urea groups is 1. The van der Waals surface area contributed by atoms with Crippen LogP contribution in [0.4, 0.5) is 37.1 Å². The first-order chi connectivity index (χ1) is 49.1. The molecule has 28 heteroatoms. The van der Waals surface area contributed by atoms with E-state index in [-0.39, 0.29) is 52.5 Å². The van der Waals surface area contributed by atoms with Gasteiger partial charge in [0.25, 0.3) is 16.7 Å². The van der Waals surface area contributed by atoms with E-state index in [1.807, 2.05) is 30.3 Å². The number of rotatable bonds is 12. The molecule has 5 unspecified atom stereocenters. The van der Waals surface area contributed by atoms with Gasteiger partial charge in [0.05, 0.1) is 6.04 Å².